The van der Waals surface area contributed by atoms with E-state index in [-0.39, 0.29) is 5.91 Å². The maximum atomic E-state index is 12.5. The van der Waals surface area contributed by atoms with Crippen LogP contribution in [-0.2, 0) is 17.8 Å². The second-order valence-corrected chi connectivity index (χ2v) is 7.30. The molecule has 6 nitrogen and oxygen atoms in total. The Hall–Kier alpha value is -2.50. The fraction of sp³-hybridized carbons (Fsp3) is 0.545. The molecule has 1 N–H and O–H groups in total. The van der Waals surface area contributed by atoms with Crippen molar-refractivity contribution in [3.8, 4) is 11.5 Å². The van der Waals surface area contributed by atoms with Crippen LogP contribution >= 0.6 is 0 Å². The van der Waals surface area contributed by atoms with Gasteiger partial charge in [0.2, 0.25) is 5.91 Å². The fourth-order valence-corrected chi connectivity index (χ4v) is 3.21. The van der Waals surface area contributed by atoms with Crippen LogP contribution in [0.3, 0.4) is 0 Å². The van der Waals surface area contributed by atoms with E-state index in [1.807, 2.05) is 43.7 Å². The van der Waals surface area contributed by atoms with Crippen molar-refractivity contribution in [1.82, 2.24) is 9.78 Å². The first kappa shape index (κ1) is 21.8. The summed E-state index contributed by atoms with van der Waals surface area (Å²) in [5.41, 5.74) is 4.03. The molecule has 0 fully saturated rings. The molecule has 0 saturated carbocycles. The number of carbonyl (C=O) groups is 1. The highest BCUT2D eigenvalue weighted by atomic mass is 16.5. The van der Waals surface area contributed by atoms with Gasteiger partial charge in [0.1, 0.15) is 0 Å². The predicted octanol–water partition coefficient (Wildman–Crippen LogP) is 4.52. The van der Waals surface area contributed by atoms with Gasteiger partial charge in [-0.2, -0.15) is 5.10 Å². The van der Waals surface area contributed by atoms with Crippen molar-refractivity contribution in [2.24, 2.45) is 5.92 Å². The monoisotopic (exact) mass is 387 g/mol. The molecule has 154 valence electrons. The van der Waals surface area contributed by atoms with Crippen molar-refractivity contribution in [3.63, 3.8) is 0 Å². The molecule has 2 rings (SSSR count). The smallest absolute Gasteiger partial charge is 0.224 e. The van der Waals surface area contributed by atoms with Crippen LogP contribution in [0.1, 0.15) is 51.1 Å². The van der Waals surface area contributed by atoms with Crippen LogP contribution in [0.4, 0.5) is 5.69 Å². The molecule has 1 aromatic heterocycles. The summed E-state index contributed by atoms with van der Waals surface area (Å²) in [7, 11) is 0. The maximum Gasteiger partial charge on any atom is 0.224 e. The summed E-state index contributed by atoms with van der Waals surface area (Å²) in [6.45, 7) is 14.3. The second-order valence-electron chi connectivity index (χ2n) is 7.30. The van der Waals surface area contributed by atoms with Gasteiger partial charge < -0.3 is 14.8 Å². The van der Waals surface area contributed by atoms with Crippen molar-refractivity contribution < 1.29 is 14.3 Å². The first-order valence-corrected chi connectivity index (χ1v) is 10.1. The average molecular weight is 388 g/mol. The number of carbonyl (C=O) groups excluding carboxylic acids is 1. The number of anilines is 1. The lowest BCUT2D eigenvalue weighted by atomic mass is 10.1. The lowest BCUT2D eigenvalue weighted by molar-refractivity contribution is -0.116. The zero-order chi connectivity index (χ0) is 20.7. The van der Waals surface area contributed by atoms with Gasteiger partial charge in [-0.15, -0.1) is 0 Å². The lowest BCUT2D eigenvalue weighted by Gasteiger charge is -2.13. The summed E-state index contributed by atoms with van der Waals surface area (Å²) in [5, 5.41) is 7.58. The van der Waals surface area contributed by atoms with E-state index in [1.54, 1.807) is 0 Å². The SMILES string of the molecule is CCOc1ccc(NC(=O)CCc2c(C)nn(CC(C)C)c2C)cc1OCC. The first-order valence-electron chi connectivity index (χ1n) is 10.1. The van der Waals surface area contributed by atoms with Crippen LogP contribution in [0.15, 0.2) is 18.2 Å². The van der Waals surface area contributed by atoms with Gasteiger partial charge in [-0.25, -0.2) is 0 Å². The Bertz CT molecular complexity index is 797. The number of nitrogens with zero attached hydrogens (tertiary/aromatic N) is 2. The molecule has 1 heterocycles. The van der Waals surface area contributed by atoms with Crippen molar-refractivity contribution in [1.29, 1.82) is 0 Å². The van der Waals surface area contributed by atoms with E-state index in [2.05, 4.69) is 31.2 Å². The topological polar surface area (TPSA) is 65.4 Å². The highest BCUT2D eigenvalue weighted by molar-refractivity contribution is 5.91. The minimum Gasteiger partial charge on any atom is -0.490 e. The van der Waals surface area contributed by atoms with Crippen molar-refractivity contribution in [3.05, 3.63) is 35.2 Å². The molecule has 0 aliphatic carbocycles. The quantitative estimate of drug-likeness (QED) is 0.651. The summed E-state index contributed by atoms with van der Waals surface area (Å²) >= 11 is 0. The molecule has 0 aliphatic rings. The minimum absolute atomic E-state index is 0.0259. The second kappa shape index (κ2) is 10.2. The van der Waals surface area contributed by atoms with Gasteiger partial charge in [0.15, 0.2) is 11.5 Å². The van der Waals surface area contributed by atoms with Gasteiger partial charge in [0, 0.05) is 30.4 Å². The standard InChI is InChI=1S/C22H33N3O3/c1-7-27-20-11-9-18(13-21(20)28-8-2)23-22(26)12-10-19-16(5)24-25(17(19)6)14-15(3)4/h9,11,13,15H,7-8,10,12,14H2,1-6H3,(H,23,26). The van der Waals surface area contributed by atoms with Crippen molar-refractivity contribution in [2.75, 3.05) is 18.5 Å². The van der Waals surface area contributed by atoms with Crippen LogP contribution in [0.25, 0.3) is 0 Å². The van der Waals surface area contributed by atoms with Gasteiger partial charge >= 0.3 is 0 Å². The Morgan fingerprint density at radius 1 is 1.14 bits per heavy atom. The highest BCUT2D eigenvalue weighted by Crippen LogP contribution is 2.30. The van der Waals surface area contributed by atoms with Gasteiger partial charge in [-0.3, -0.25) is 9.48 Å². The third-order valence-corrected chi connectivity index (χ3v) is 4.50. The van der Waals surface area contributed by atoms with E-state index in [0.717, 1.165) is 23.5 Å². The number of hydrogen-bond donors (Lipinski definition) is 1. The van der Waals surface area contributed by atoms with E-state index in [9.17, 15) is 4.79 Å². The molecule has 1 amide bonds. The largest absolute Gasteiger partial charge is 0.490 e. The van der Waals surface area contributed by atoms with E-state index < -0.39 is 0 Å². The summed E-state index contributed by atoms with van der Waals surface area (Å²) in [4.78, 5) is 12.5. The summed E-state index contributed by atoms with van der Waals surface area (Å²) < 4.78 is 13.2. The Balaban J connectivity index is 2.01. The molecule has 0 radical (unpaired) electrons. The zero-order valence-electron chi connectivity index (χ0n) is 18.0. The normalized spacial score (nSPS) is 11.0. The lowest BCUT2D eigenvalue weighted by Crippen LogP contribution is -2.13. The number of aryl methyl sites for hydroxylation is 1. The molecule has 0 atom stereocenters. The molecule has 0 unspecified atom stereocenters. The van der Waals surface area contributed by atoms with Crippen LogP contribution in [0, 0.1) is 19.8 Å². The van der Waals surface area contributed by atoms with Crippen molar-refractivity contribution >= 4 is 11.6 Å². The molecule has 0 aliphatic heterocycles. The van der Waals surface area contributed by atoms with Crippen LogP contribution in [0.5, 0.6) is 11.5 Å². The van der Waals surface area contributed by atoms with Gasteiger partial charge in [-0.1, -0.05) is 13.8 Å². The third-order valence-electron chi connectivity index (χ3n) is 4.50. The minimum atomic E-state index is -0.0259. The number of nitrogens with one attached hydrogen (secondary N) is 1. The van der Waals surface area contributed by atoms with Crippen LogP contribution < -0.4 is 14.8 Å². The van der Waals surface area contributed by atoms with E-state index in [1.165, 1.54) is 0 Å². The molecule has 0 bridgehead atoms. The van der Waals surface area contributed by atoms with Gasteiger partial charge in [0.25, 0.3) is 0 Å². The number of aromatic nitrogens is 2. The van der Waals surface area contributed by atoms with Gasteiger partial charge in [0.05, 0.1) is 18.9 Å². The summed E-state index contributed by atoms with van der Waals surface area (Å²) in [6, 6.07) is 5.47. The van der Waals surface area contributed by atoms with Crippen molar-refractivity contribution in [2.45, 2.75) is 60.9 Å². The van der Waals surface area contributed by atoms with Crippen LogP contribution in [0.2, 0.25) is 0 Å². The maximum absolute atomic E-state index is 12.5. The highest BCUT2D eigenvalue weighted by Gasteiger charge is 2.14. The molecular weight excluding hydrogens is 354 g/mol. The number of hydrogen-bond acceptors (Lipinski definition) is 4. The zero-order valence-corrected chi connectivity index (χ0v) is 18.0. The Morgan fingerprint density at radius 2 is 1.82 bits per heavy atom. The molecule has 0 spiro atoms. The molecule has 1 aromatic carbocycles. The first-order chi connectivity index (χ1) is 13.3. The Labute approximate surface area is 168 Å². The molecule has 0 saturated heterocycles. The number of amides is 1. The Kier molecular flexibility index (Phi) is 7.91. The van der Waals surface area contributed by atoms with E-state index >= 15 is 0 Å². The number of rotatable bonds is 10. The predicted molar refractivity (Wildman–Crippen MR) is 112 cm³/mol. The fourth-order valence-electron chi connectivity index (χ4n) is 3.21. The third kappa shape index (κ3) is 5.75. The Morgan fingerprint density at radius 3 is 2.46 bits per heavy atom. The average Bonchev–Trinajstić information content (AvgIpc) is 2.88. The molecular formula is C22H33N3O3. The van der Waals surface area contributed by atoms with E-state index in [4.69, 9.17) is 9.47 Å². The van der Waals surface area contributed by atoms with Gasteiger partial charge in [-0.05, 0) is 57.7 Å². The van der Waals surface area contributed by atoms with E-state index in [0.29, 0.717) is 49.2 Å². The summed E-state index contributed by atoms with van der Waals surface area (Å²) in [6.07, 6.45) is 1.09. The number of ether oxygens (including phenoxy) is 2. The summed E-state index contributed by atoms with van der Waals surface area (Å²) in [5.74, 6) is 1.84. The molecule has 28 heavy (non-hydrogen) atoms. The van der Waals surface area contributed by atoms with Crippen LogP contribution in [-0.4, -0.2) is 28.9 Å². The molecule has 6 heteroatoms. The number of benzene rings is 1. The molecule has 2 aromatic rings.